The Kier molecular flexibility index (Phi) is 4.15. The molecule has 2 aliphatic heterocycles. The van der Waals surface area contributed by atoms with Crippen molar-refractivity contribution >= 4 is 5.91 Å². The van der Waals surface area contributed by atoms with E-state index < -0.39 is 0 Å². The minimum atomic E-state index is 0.141. The van der Waals surface area contributed by atoms with Gasteiger partial charge in [-0.3, -0.25) is 4.79 Å². The maximum atomic E-state index is 11.1. The number of hydrogen-bond donors (Lipinski definition) is 2. The average molecular weight is 292 g/mol. The summed E-state index contributed by atoms with van der Waals surface area (Å²) in [5, 5.41) is 6.30. The molecule has 1 unspecified atom stereocenters. The van der Waals surface area contributed by atoms with Crippen LogP contribution in [0, 0.1) is 0 Å². The van der Waals surface area contributed by atoms with Gasteiger partial charge in [0.2, 0.25) is 11.7 Å². The van der Waals surface area contributed by atoms with Gasteiger partial charge in [0.1, 0.15) is 13.2 Å². The van der Waals surface area contributed by atoms with Crippen molar-refractivity contribution in [2.75, 3.05) is 26.9 Å². The Morgan fingerprint density at radius 1 is 1.38 bits per heavy atom. The van der Waals surface area contributed by atoms with Crippen molar-refractivity contribution in [3.05, 3.63) is 17.7 Å². The first-order valence-electron chi connectivity index (χ1n) is 7.23. The minimum absolute atomic E-state index is 0.141. The Bertz CT molecular complexity index is 515. The predicted octanol–water partition coefficient (Wildman–Crippen LogP) is 0.835. The molecule has 2 N–H and O–H groups in total. The zero-order valence-electron chi connectivity index (χ0n) is 12.1. The van der Waals surface area contributed by atoms with Crippen LogP contribution in [0.5, 0.6) is 17.2 Å². The van der Waals surface area contributed by atoms with Crippen molar-refractivity contribution in [1.82, 2.24) is 10.6 Å². The van der Waals surface area contributed by atoms with Gasteiger partial charge in [-0.2, -0.15) is 0 Å². The summed E-state index contributed by atoms with van der Waals surface area (Å²) in [4.78, 5) is 11.1. The molecular formula is C15H20N2O4. The Morgan fingerprint density at radius 2 is 2.24 bits per heavy atom. The number of hydrogen-bond acceptors (Lipinski definition) is 5. The molecule has 1 aromatic carbocycles. The average Bonchev–Trinajstić information content (AvgIpc) is 2.92. The normalized spacial score (nSPS) is 20.2. The third kappa shape index (κ3) is 3.21. The lowest BCUT2D eigenvalue weighted by molar-refractivity contribution is -0.119. The lowest BCUT2D eigenvalue weighted by Gasteiger charge is -2.21. The molecule has 1 atom stereocenters. The largest absolute Gasteiger partial charge is 0.493 e. The minimum Gasteiger partial charge on any atom is -0.493 e. The number of methoxy groups -OCH3 is 1. The van der Waals surface area contributed by atoms with Gasteiger partial charge in [0, 0.05) is 25.6 Å². The van der Waals surface area contributed by atoms with Crippen LogP contribution in [0.4, 0.5) is 0 Å². The zero-order valence-corrected chi connectivity index (χ0v) is 12.1. The van der Waals surface area contributed by atoms with E-state index in [1.54, 1.807) is 7.11 Å². The van der Waals surface area contributed by atoms with Crippen LogP contribution in [0.1, 0.15) is 18.4 Å². The van der Waals surface area contributed by atoms with Crippen LogP contribution < -0.4 is 24.8 Å². The summed E-state index contributed by atoms with van der Waals surface area (Å²) in [7, 11) is 1.62. The summed E-state index contributed by atoms with van der Waals surface area (Å²) >= 11 is 0. The molecule has 1 aromatic rings. The lowest BCUT2D eigenvalue weighted by Crippen LogP contribution is -2.35. The molecule has 0 saturated carbocycles. The molecule has 2 heterocycles. The number of fused-ring (bicyclic) bond motifs is 1. The summed E-state index contributed by atoms with van der Waals surface area (Å²) < 4.78 is 16.5. The second-order valence-electron chi connectivity index (χ2n) is 5.26. The Labute approximate surface area is 123 Å². The summed E-state index contributed by atoms with van der Waals surface area (Å²) in [5.41, 5.74) is 1.07. The zero-order chi connectivity index (χ0) is 14.7. The van der Waals surface area contributed by atoms with E-state index in [9.17, 15) is 4.79 Å². The molecule has 0 spiro atoms. The molecule has 2 aliphatic rings. The quantitative estimate of drug-likeness (QED) is 0.841. The van der Waals surface area contributed by atoms with Gasteiger partial charge in [-0.25, -0.2) is 0 Å². The van der Waals surface area contributed by atoms with Crippen LogP contribution in [0.25, 0.3) is 0 Å². The number of benzene rings is 1. The van der Waals surface area contributed by atoms with Crippen molar-refractivity contribution in [3.8, 4) is 17.2 Å². The van der Waals surface area contributed by atoms with Crippen molar-refractivity contribution in [2.24, 2.45) is 0 Å². The van der Waals surface area contributed by atoms with E-state index in [0.29, 0.717) is 37.7 Å². The van der Waals surface area contributed by atoms with Crippen LogP contribution in [0.15, 0.2) is 12.1 Å². The van der Waals surface area contributed by atoms with Gasteiger partial charge in [-0.15, -0.1) is 0 Å². The van der Waals surface area contributed by atoms with Gasteiger partial charge in [-0.05, 0) is 24.1 Å². The van der Waals surface area contributed by atoms with Crippen LogP contribution in [-0.4, -0.2) is 38.8 Å². The summed E-state index contributed by atoms with van der Waals surface area (Å²) in [6.45, 7) is 2.56. The molecule has 0 radical (unpaired) electrons. The predicted molar refractivity (Wildman–Crippen MR) is 76.9 cm³/mol. The highest BCUT2D eigenvalue weighted by Gasteiger charge is 2.21. The number of ether oxygens (including phenoxy) is 3. The topological polar surface area (TPSA) is 68.8 Å². The monoisotopic (exact) mass is 292 g/mol. The molecule has 1 amide bonds. The van der Waals surface area contributed by atoms with Gasteiger partial charge < -0.3 is 24.8 Å². The van der Waals surface area contributed by atoms with E-state index in [1.165, 1.54) is 0 Å². The standard InChI is InChI=1S/C15H20N2O4/c1-19-12-6-10(7-13-15(12)21-5-4-20-13)8-16-9-11-2-3-14(18)17-11/h6-7,11,16H,2-5,8-9H2,1H3,(H,17,18). The number of carbonyl (C=O) groups excluding carboxylic acids is 1. The molecule has 6 nitrogen and oxygen atoms in total. The van der Waals surface area contributed by atoms with Crippen molar-refractivity contribution in [1.29, 1.82) is 0 Å². The highest BCUT2D eigenvalue weighted by molar-refractivity contribution is 5.78. The fourth-order valence-corrected chi connectivity index (χ4v) is 2.65. The summed E-state index contributed by atoms with van der Waals surface area (Å²) in [5.74, 6) is 2.24. The van der Waals surface area contributed by atoms with Crippen LogP contribution in [0.3, 0.4) is 0 Å². The molecule has 3 rings (SSSR count). The molecule has 0 aliphatic carbocycles. The third-order valence-electron chi connectivity index (χ3n) is 3.69. The SMILES string of the molecule is COc1cc(CNCC2CCC(=O)N2)cc2c1OCCO2. The van der Waals surface area contributed by atoms with E-state index in [1.807, 2.05) is 12.1 Å². The van der Waals surface area contributed by atoms with Gasteiger partial charge in [0.25, 0.3) is 0 Å². The molecule has 0 aromatic heterocycles. The fraction of sp³-hybridized carbons (Fsp3) is 0.533. The van der Waals surface area contributed by atoms with Crippen molar-refractivity contribution < 1.29 is 19.0 Å². The second kappa shape index (κ2) is 6.22. The molecule has 1 fully saturated rings. The molecule has 0 bridgehead atoms. The highest BCUT2D eigenvalue weighted by Crippen LogP contribution is 2.40. The molecule has 6 heteroatoms. The molecule has 1 saturated heterocycles. The summed E-state index contributed by atoms with van der Waals surface area (Å²) in [6, 6.07) is 4.15. The second-order valence-corrected chi connectivity index (χ2v) is 5.26. The van der Waals surface area contributed by atoms with Crippen molar-refractivity contribution in [2.45, 2.75) is 25.4 Å². The van der Waals surface area contributed by atoms with E-state index in [2.05, 4.69) is 10.6 Å². The van der Waals surface area contributed by atoms with Crippen LogP contribution in [0.2, 0.25) is 0 Å². The maximum absolute atomic E-state index is 11.1. The smallest absolute Gasteiger partial charge is 0.220 e. The first kappa shape index (κ1) is 14.0. The van der Waals surface area contributed by atoms with Gasteiger partial charge >= 0.3 is 0 Å². The van der Waals surface area contributed by atoms with Gasteiger partial charge in [0.05, 0.1) is 7.11 Å². The summed E-state index contributed by atoms with van der Waals surface area (Å²) in [6.07, 6.45) is 1.53. The third-order valence-corrected chi connectivity index (χ3v) is 3.69. The van der Waals surface area contributed by atoms with E-state index in [-0.39, 0.29) is 11.9 Å². The van der Waals surface area contributed by atoms with Crippen molar-refractivity contribution in [3.63, 3.8) is 0 Å². The Balaban J connectivity index is 1.61. The highest BCUT2D eigenvalue weighted by atomic mass is 16.6. The maximum Gasteiger partial charge on any atom is 0.220 e. The van der Waals surface area contributed by atoms with E-state index in [4.69, 9.17) is 14.2 Å². The van der Waals surface area contributed by atoms with Crippen LogP contribution in [-0.2, 0) is 11.3 Å². The molecule has 114 valence electrons. The van der Waals surface area contributed by atoms with E-state index >= 15 is 0 Å². The molecular weight excluding hydrogens is 272 g/mol. The lowest BCUT2D eigenvalue weighted by atomic mass is 10.1. The van der Waals surface area contributed by atoms with Gasteiger partial charge in [-0.1, -0.05) is 0 Å². The number of carbonyl (C=O) groups is 1. The number of amides is 1. The number of rotatable bonds is 5. The first-order chi connectivity index (χ1) is 10.3. The van der Waals surface area contributed by atoms with Crippen LogP contribution >= 0.6 is 0 Å². The molecule has 21 heavy (non-hydrogen) atoms. The van der Waals surface area contributed by atoms with Gasteiger partial charge in [0.15, 0.2) is 11.5 Å². The number of nitrogens with one attached hydrogen (secondary N) is 2. The Hall–Kier alpha value is -1.95. The van der Waals surface area contributed by atoms with E-state index in [0.717, 1.165) is 24.3 Å². The Morgan fingerprint density at radius 3 is 3.00 bits per heavy atom. The fourth-order valence-electron chi connectivity index (χ4n) is 2.65. The first-order valence-corrected chi connectivity index (χ1v) is 7.23.